The molecule has 2 aliphatic heterocycles. The van der Waals surface area contributed by atoms with E-state index in [9.17, 15) is 5.11 Å². The fraction of sp³-hybridized carbons (Fsp3) is 1.00. The van der Waals surface area contributed by atoms with Crippen molar-refractivity contribution in [2.75, 3.05) is 32.8 Å². The second-order valence-electron chi connectivity index (χ2n) is 4.76. The summed E-state index contributed by atoms with van der Waals surface area (Å²) < 4.78 is 5.26. The molecule has 2 rings (SSSR count). The van der Waals surface area contributed by atoms with Crippen molar-refractivity contribution < 1.29 is 9.84 Å². The summed E-state index contributed by atoms with van der Waals surface area (Å²) in [5.74, 6) is 0. The molecule has 88 valence electrons. The van der Waals surface area contributed by atoms with Crippen molar-refractivity contribution >= 4 is 0 Å². The van der Waals surface area contributed by atoms with E-state index in [4.69, 9.17) is 4.74 Å². The average molecular weight is 214 g/mol. The van der Waals surface area contributed by atoms with Crippen molar-refractivity contribution in [3.05, 3.63) is 0 Å². The summed E-state index contributed by atoms with van der Waals surface area (Å²) in [6.45, 7) is 4.27. The van der Waals surface area contributed by atoms with Crippen LogP contribution in [0.5, 0.6) is 0 Å². The lowest BCUT2D eigenvalue weighted by atomic mass is 9.93. The summed E-state index contributed by atoms with van der Waals surface area (Å²) in [7, 11) is 0. The molecule has 0 aromatic carbocycles. The van der Waals surface area contributed by atoms with Crippen LogP contribution in [0.2, 0.25) is 0 Å². The maximum absolute atomic E-state index is 10.2. The van der Waals surface area contributed by atoms with E-state index in [0.717, 1.165) is 25.9 Å². The third-order valence-corrected chi connectivity index (χ3v) is 3.44. The molecule has 2 aliphatic rings. The Bertz CT molecular complexity index is 187. The Kier molecular flexibility index (Phi) is 3.97. The highest BCUT2D eigenvalue weighted by atomic mass is 16.5. The Morgan fingerprint density at radius 2 is 2.20 bits per heavy atom. The normalized spacial score (nSPS) is 31.4. The highest BCUT2D eigenvalue weighted by molar-refractivity contribution is 4.86. The van der Waals surface area contributed by atoms with Crippen molar-refractivity contribution in [2.24, 2.45) is 0 Å². The summed E-state index contributed by atoms with van der Waals surface area (Å²) in [5.41, 5.74) is -0.532. The van der Waals surface area contributed by atoms with Crippen molar-refractivity contribution in [3.8, 4) is 0 Å². The lowest BCUT2D eigenvalue weighted by Gasteiger charge is -2.34. The van der Waals surface area contributed by atoms with Crippen LogP contribution in [-0.2, 0) is 4.74 Å². The fourth-order valence-electron chi connectivity index (χ4n) is 2.29. The van der Waals surface area contributed by atoms with Crippen molar-refractivity contribution in [1.82, 2.24) is 10.6 Å². The maximum atomic E-state index is 10.2. The molecule has 1 unspecified atom stereocenters. The molecule has 15 heavy (non-hydrogen) atoms. The smallest absolute Gasteiger partial charge is 0.0815 e. The minimum absolute atomic E-state index is 0.532. The molecule has 2 fully saturated rings. The zero-order valence-corrected chi connectivity index (χ0v) is 9.30. The highest BCUT2D eigenvalue weighted by Crippen LogP contribution is 2.19. The number of piperidine rings is 1. The van der Waals surface area contributed by atoms with E-state index < -0.39 is 5.60 Å². The summed E-state index contributed by atoms with van der Waals surface area (Å²) in [4.78, 5) is 0. The van der Waals surface area contributed by atoms with Gasteiger partial charge in [-0.3, -0.25) is 0 Å². The minimum Gasteiger partial charge on any atom is -0.388 e. The molecular weight excluding hydrogens is 192 g/mol. The van der Waals surface area contributed by atoms with Gasteiger partial charge in [-0.15, -0.1) is 0 Å². The predicted molar refractivity (Wildman–Crippen MR) is 58.9 cm³/mol. The molecule has 0 saturated carbocycles. The quantitative estimate of drug-likeness (QED) is 0.612. The van der Waals surface area contributed by atoms with Gasteiger partial charge in [0, 0.05) is 45.2 Å². The molecule has 0 aromatic heterocycles. The zero-order valence-electron chi connectivity index (χ0n) is 9.30. The number of hydrogen-bond donors (Lipinski definition) is 3. The first kappa shape index (κ1) is 11.3. The van der Waals surface area contributed by atoms with Gasteiger partial charge in [0.25, 0.3) is 0 Å². The second-order valence-corrected chi connectivity index (χ2v) is 4.76. The van der Waals surface area contributed by atoms with Crippen LogP contribution in [0.4, 0.5) is 0 Å². The van der Waals surface area contributed by atoms with E-state index in [1.807, 2.05) is 0 Å². The topological polar surface area (TPSA) is 53.5 Å². The van der Waals surface area contributed by atoms with E-state index in [-0.39, 0.29) is 0 Å². The van der Waals surface area contributed by atoms with Crippen LogP contribution >= 0.6 is 0 Å². The van der Waals surface area contributed by atoms with Gasteiger partial charge in [0.1, 0.15) is 0 Å². The first-order chi connectivity index (χ1) is 7.29. The molecule has 2 saturated heterocycles. The van der Waals surface area contributed by atoms with Gasteiger partial charge in [-0.25, -0.2) is 0 Å². The lowest BCUT2D eigenvalue weighted by Crippen LogP contribution is -2.51. The van der Waals surface area contributed by atoms with E-state index in [0.29, 0.717) is 25.8 Å². The summed E-state index contributed by atoms with van der Waals surface area (Å²) in [6, 6.07) is 0.533. The molecule has 0 spiro atoms. The summed E-state index contributed by atoms with van der Waals surface area (Å²) in [5, 5.41) is 17.1. The van der Waals surface area contributed by atoms with Crippen LogP contribution in [0, 0.1) is 0 Å². The molecule has 3 N–H and O–H groups in total. The van der Waals surface area contributed by atoms with Gasteiger partial charge in [-0.05, 0) is 19.4 Å². The van der Waals surface area contributed by atoms with Crippen LogP contribution in [0.1, 0.15) is 25.7 Å². The Morgan fingerprint density at radius 3 is 2.87 bits per heavy atom. The standard InChI is InChI=1S/C11H22N2O2/c14-11(3-6-15-7-4-11)9-13-10-2-1-5-12-8-10/h10,12-14H,1-9H2. The molecule has 4 nitrogen and oxygen atoms in total. The number of nitrogens with one attached hydrogen (secondary N) is 2. The van der Waals surface area contributed by atoms with Gasteiger partial charge in [0.2, 0.25) is 0 Å². The van der Waals surface area contributed by atoms with E-state index in [2.05, 4.69) is 10.6 Å². The first-order valence-electron chi connectivity index (χ1n) is 6.03. The van der Waals surface area contributed by atoms with Gasteiger partial charge < -0.3 is 20.5 Å². The van der Waals surface area contributed by atoms with E-state index in [1.165, 1.54) is 12.8 Å². The maximum Gasteiger partial charge on any atom is 0.0815 e. The van der Waals surface area contributed by atoms with Crippen LogP contribution in [0.3, 0.4) is 0 Å². The Morgan fingerprint density at radius 1 is 1.40 bits per heavy atom. The number of hydrogen-bond acceptors (Lipinski definition) is 4. The third kappa shape index (κ3) is 3.41. The molecule has 1 atom stereocenters. The van der Waals surface area contributed by atoms with E-state index in [1.54, 1.807) is 0 Å². The second kappa shape index (κ2) is 5.25. The zero-order chi connectivity index (χ0) is 10.6. The molecule has 0 aliphatic carbocycles. The van der Waals surface area contributed by atoms with Gasteiger partial charge in [-0.2, -0.15) is 0 Å². The summed E-state index contributed by atoms with van der Waals surface area (Å²) >= 11 is 0. The largest absolute Gasteiger partial charge is 0.388 e. The van der Waals surface area contributed by atoms with Gasteiger partial charge in [0.05, 0.1) is 5.60 Å². The first-order valence-corrected chi connectivity index (χ1v) is 6.03. The predicted octanol–water partition coefficient (Wildman–Crippen LogP) is -0.131. The Labute approximate surface area is 91.4 Å². The fourth-order valence-corrected chi connectivity index (χ4v) is 2.29. The molecule has 4 heteroatoms. The van der Waals surface area contributed by atoms with Crippen molar-refractivity contribution in [3.63, 3.8) is 0 Å². The number of ether oxygens (including phenoxy) is 1. The van der Waals surface area contributed by atoms with Crippen molar-refractivity contribution in [1.29, 1.82) is 0 Å². The monoisotopic (exact) mass is 214 g/mol. The minimum atomic E-state index is -0.532. The molecule has 0 radical (unpaired) electrons. The number of rotatable bonds is 3. The van der Waals surface area contributed by atoms with Crippen LogP contribution in [0.15, 0.2) is 0 Å². The Hall–Kier alpha value is -0.160. The summed E-state index contributed by atoms with van der Waals surface area (Å²) in [6.07, 6.45) is 3.99. The molecule has 2 heterocycles. The van der Waals surface area contributed by atoms with Gasteiger partial charge in [0.15, 0.2) is 0 Å². The molecule has 0 aromatic rings. The third-order valence-electron chi connectivity index (χ3n) is 3.44. The van der Waals surface area contributed by atoms with Crippen LogP contribution < -0.4 is 10.6 Å². The lowest BCUT2D eigenvalue weighted by molar-refractivity contribution is -0.0630. The van der Waals surface area contributed by atoms with Crippen molar-refractivity contribution in [2.45, 2.75) is 37.3 Å². The highest BCUT2D eigenvalue weighted by Gasteiger charge is 2.30. The average Bonchev–Trinajstić information content (AvgIpc) is 2.29. The van der Waals surface area contributed by atoms with E-state index >= 15 is 0 Å². The number of aliphatic hydroxyl groups is 1. The van der Waals surface area contributed by atoms with Gasteiger partial charge in [-0.1, -0.05) is 0 Å². The molecule has 0 bridgehead atoms. The van der Waals surface area contributed by atoms with Crippen LogP contribution in [0.25, 0.3) is 0 Å². The molecular formula is C11H22N2O2. The SMILES string of the molecule is OC1(CNC2CCCNC2)CCOCC1. The van der Waals surface area contributed by atoms with Crippen LogP contribution in [-0.4, -0.2) is 49.6 Å². The Balaban J connectivity index is 1.70. The van der Waals surface area contributed by atoms with Gasteiger partial charge >= 0.3 is 0 Å². The molecule has 0 amide bonds.